The minimum atomic E-state index is -0.234. The number of rotatable bonds is 36. The van der Waals surface area contributed by atoms with Crippen LogP contribution in [0.5, 0.6) is 5.75 Å². The monoisotopic (exact) mass is 772 g/mol. The summed E-state index contributed by atoms with van der Waals surface area (Å²) in [6.07, 6.45) is 50.3. The molecule has 0 radical (unpaired) electrons. The zero-order valence-corrected chi connectivity index (χ0v) is 36.1. The molecule has 0 unspecified atom stereocenters. The van der Waals surface area contributed by atoms with Crippen LogP contribution in [0.25, 0.3) is 5.57 Å². The number of unbranched alkanes of at least 4 members (excludes halogenated alkanes) is 30. The van der Waals surface area contributed by atoms with Gasteiger partial charge in [0, 0.05) is 6.54 Å². The number of hydrogen-bond acceptors (Lipinski definition) is 6. The summed E-state index contributed by atoms with van der Waals surface area (Å²) in [5, 5.41) is 10.8. The van der Waals surface area contributed by atoms with Crippen LogP contribution in [0.4, 0.5) is 0 Å². The molecule has 1 aliphatic heterocycles. The number of Topliss-reactive ketones (excluding diaryl/α,β-unsaturated/α-hetero) is 1. The second kappa shape index (κ2) is 32.0. The molecule has 6 nitrogen and oxygen atoms in total. The van der Waals surface area contributed by atoms with E-state index in [1.165, 1.54) is 193 Å². The summed E-state index contributed by atoms with van der Waals surface area (Å²) in [6.45, 7) is 6.02. The van der Waals surface area contributed by atoms with Crippen molar-refractivity contribution in [2.45, 2.75) is 219 Å². The molecular formula is C50H81N3O3. The van der Waals surface area contributed by atoms with Crippen LogP contribution in [-0.4, -0.2) is 41.0 Å². The van der Waals surface area contributed by atoms with Crippen LogP contribution in [-0.2, 0) is 4.79 Å². The Bertz CT molecular complexity index is 1320. The molecular weight excluding hydrogens is 691 g/mol. The average Bonchev–Trinajstić information content (AvgIpc) is 3.21. The first kappa shape index (κ1) is 47.4. The molecule has 3 rings (SSSR count). The van der Waals surface area contributed by atoms with Gasteiger partial charge in [-0.2, -0.15) is 0 Å². The van der Waals surface area contributed by atoms with Crippen molar-refractivity contribution in [3.05, 3.63) is 53.2 Å². The van der Waals surface area contributed by atoms with Gasteiger partial charge in [-0.1, -0.05) is 206 Å². The maximum Gasteiger partial charge on any atom is 0.204 e. The van der Waals surface area contributed by atoms with Crippen molar-refractivity contribution >= 4 is 23.3 Å². The molecule has 0 saturated heterocycles. The number of ketones is 1. The van der Waals surface area contributed by atoms with E-state index >= 15 is 0 Å². The topological polar surface area (TPSA) is 84.1 Å². The number of aliphatic imine (C=N–C) groups is 2. The average molecular weight is 772 g/mol. The number of aliphatic hydroxyl groups is 1. The predicted octanol–water partition coefficient (Wildman–Crippen LogP) is 15.2. The minimum absolute atomic E-state index is 0.0466. The Morgan fingerprint density at radius 2 is 1.00 bits per heavy atom. The van der Waals surface area contributed by atoms with Gasteiger partial charge >= 0.3 is 0 Å². The van der Waals surface area contributed by atoms with Gasteiger partial charge in [0.15, 0.2) is 0 Å². The van der Waals surface area contributed by atoms with Crippen molar-refractivity contribution in [2.75, 3.05) is 13.2 Å². The van der Waals surface area contributed by atoms with Gasteiger partial charge < -0.3 is 9.84 Å². The number of aromatic nitrogens is 1. The first-order chi connectivity index (χ1) is 27.7. The van der Waals surface area contributed by atoms with Crippen molar-refractivity contribution in [3.63, 3.8) is 0 Å². The highest BCUT2D eigenvalue weighted by Gasteiger charge is 2.38. The largest absolute Gasteiger partial charge is 0.506 e. The maximum atomic E-state index is 13.0. The molecule has 56 heavy (non-hydrogen) atoms. The Morgan fingerprint density at radius 3 is 1.39 bits per heavy atom. The van der Waals surface area contributed by atoms with Crippen LogP contribution in [0, 0.1) is 0 Å². The summed E-state index contributed by atoms with van der Waals surface area (Å²) in [6, 6.07) is 3.57. The number of nitrogens with zero attached hydrogens (tertiary/aromatic N) is 3. The third-order valence-corrected chi connectivity index (χ3v) is 11.5. The van der Waals surface area contributed by atoms with Crippen molar-refractivity contribution in [1.29, 1.82) is 0 Å². The van der Waals surface area contributed by atoms with Crippen molar-refractivity contribution < 1.29 is 14.6 Å². The van der Waals surface area contributed by atoms with Crippen molar-refractivity contribution in [3.8, 4) is 5.75 Å². The fourth-order valence-electron chi connectivity index (χ4n) is 7.83. The van der Waals surface area contributed by atoms with Crippen LogP contribution < -0.4 is 4.74 Å². The molecule has 2 aliphatic rings. The van der Waals surface area contributed by atoms with Gasteiger partial charge in [-0.25, -0.2) is 0 Å². The predicted molar refractivity (Wildman–Crippen MR) is 240 cm³/mol. The van der Waals surface area contributed by atoms with Gasteiger partial charge in [0.05, 0.1) is 47.3 Å². The fourth-order valence-corrected chi connectivity index (χ4v) is 7.83. The third-order valence-electron chi connectivity index (χ3n) is 11.5. The Balaban J connectivity index is 1.19. The van der Waals surface area contributed by atoms with Crippen LogP contribution in [0.2, 0.25) is 0 Å². The molecule has 2 heterocycles. The smallest absolute Gasteiger partial charge is 0.204 e. The Labute approximate surface area is 343 Å². The van der Waals surface area contributed by atoms with E-state index < -0.39 is 0 Å². The van der Waals surface area contributed by atoms with Crippen LogP contribution in [0.1, 0.15) is 225 Å². The summed E-state index contributed by atoms with van der Waals surface area (Å²) in [4.78, 5) is 26.6. The molecule has 0 spiro atoms. The van der Waals surface area contributed by atoms with Crippen molar-refractivity contribution in [2.24, 2.45) is 9.98 Å². The van der Waals surface area contributed by atoms with Crippen molar-refractivity contribution in [1.82, 2.24) is 4.98 Å². The number of hydrogen-bond donors (Lipinski definition) is 1. The van der Waals surface area contributed by atoms with E-state index in [1.807, 2.05) is 12.1 Å². The molecule has 0 amide bonds. The number of pyridine rings is 1. The first-order valence-corrected chi connectivity index (χ1v) is 23.7. The summed E-state index contributed by atoms with van der Waals surface area (Å²) in [5.41, 5.74) is 2.22. The fraction of sp³-hybridized carbons (Fsp3) is 0.720. The lowest BCUT2D eigenvalue weighted by Crippen LogP contribution is -2.23. The summed E-state index contributed by atoms with van der Waals surface area (Å²) < 4.78 is 5.90. The number of allylic oxidation sites excluding steroid dienone is 4. The molecule has 1 aliphatic carbocycles. The van der Waals surface area contributed by atoms with E-state index in [1.54, 1.807) is 24.6 Å². The van der Waals surface area contributed by atoms with Gasteiger partial charge in [0.1, 0.15) is 11.5 Å². The number of carbonyl (C=O) groups excluding carboxylic acids is 1. The molecule has 1 aromatic heterocycles. The van der Waals surface area contributed by atoms with E-state index in [4.69, 9.17) is 4.74 Å². The summed E-state index contributed by atoms with van der Waals surface area (Å²) >= 11 is 0. The van der Waals surface area contributed by atoms with E-state index in [2.05, 4.69) is 28.8 Å². The van der Waals surface area contributed by atoms with E-state index in [9.17, 15) is 9.90 Å². The quantitative estimate of drug-likeness (QED) is 0.0544. The minimum Gasteiger partial charge on any atom is -0.506 e. The van der Waals surface area contributed by atoms with Gasteiger partial charge in [0.2, 0.25) is 5.78 Å². The zero-order valence-electron chi connectivity index (χ0n) is 36.1. The Kier molecular flexibility index (Phi) is 27.1. The van der Waals surface area contributed by atoms with Gasteiger partial charge in [0.25, 0.3) is 0 Å². The van der Waals surface area contributed by atoms with E-state index in [0.717, 1.165) is 25.1 Å². The Hall–Kier alpha value is -3.02. The molecule has 0 aromatic carbocycles. The number of aliphatic hydroxyl groups excluding tert-OH is 1. The lowest BCUT2D eigenvalue weighted by molar-refractivity contribution is -0.111. The molecule has 0 atom stereocenters. The summed E-state index contributed by atoms with van der Waals surface area (Å²) in [5.74, 6) is 0.406. The second-order valence-electron chi connectivity index (χ2n) is 16.5. The van der Waals surface area contributed by atoms with Crippen LogP contribution >= 0.6 is 0 Å². The van der Waals surface area contributed by atoms with Crippen LogP contribution in [0.3, 0.4) is 0 Å². The number of carbonyl (C=O) groups is 1. The molecule has 6 heteroatoms. The van der Waals surface area contributed by atoms with Gasteiger partial charge in [-0.15, -0.1) is 0 Å². The molecule has 1 aromatic rings. The maximum absolute atomic E-state index is 13.0. The van der Waals surface area contributed by atoms with Crippen LogP contribution in [0.15, 0.2) is 57.5 Å². The van der Waals surface area contributed by atoms with Gasteiger partial charge in [-0.05, 0) is 37.1 Å². The zero-order chi connectivity index (χ0) is 39.7. The lowest BCUT2D eigenvalue weighted by atomic mass is 9.84. The van der Waals surface area contributed by atoms with Gasteiger partial charge in [-0.3, -0.25) is 19.8 Å². The highest BCUT2D eigenvalue weighted by molar-refractivity contribution is 6.40. The van der Waals surface area contributed by atoms with E-state index in [-0.39, 0.29) is 22.7 Å². The highest BCUT2D eigenvalue weighted by Crippen LogP contribution is 2.38. The third kappa shape index (κ3) is 20.4. The summed E-state index contributed by atoms with van der Waals surface area (Å²) in [7, 11) is 0. The normalized spacial score (nSPS) is 16.0. The lowest BCUT2D eigenvalue weighted by Gasteiger charge is -2.22. The SMILES string of the molecule is CCCCCCCCCCCCCCCCCCN=C1C=CC(=C2C(=O)C(c3ccc(OCCCCCCCCCCCCCCCCCC)cn3)=C2O)N=C1. The molecule has 0 fully saturated rings. The first-order valence-electron chi connectivity index (χ1n) is 23.7. The Morgan fingerprint density at radius 1 is 0.554 bits per heavy atom. The van der Waals surface area contributed by atoms with E-state index in [0.29, 0.717) is 23.7 Å². The number of ether oxygens (including phenoxy) is 1. The standard InChI is InChI=1S/C50H81N3O3/c1-3-5-7-9-11-13-15-17-19-21-23-25-27-29-31-33-39-51-43-35-37-45(52-41-43)47-49(54)48(50(47)55)46-38-36-44(42-53-46)56-40-34-32-30-28-26-24-22-20-18-16-14-12-10-8-6-4-2/h35-38,41-42,54H,3-34,39-40H2,1-2H3. The number of dihydropyridines is 1. The molecule has 314 valence electrons. The molecule has 0 saturated carbocycles. The molecule has 0 bridgehead atoms. The molecule has 1 N–H and O–H groups in total. The highest BCUT2D eigenvalue weighted by atomic mass is 16.5. The second-order valence-corrected chi connectivity index (χ2v) is 16.5.